The van der Waals surface area contributed by atoms with Gasteiger partial charge in [-0.3, -0.25) is 0 Å². The Balaban J connectivity index is 1.82. The Morgan fingerprint density at radius 1 is 1.21 bits per heavy atom. The number of nitrogens with zero attached hydrogens (tertiary/aromatic N) is 1. The molecule has 1 N–H and O–H groups in total. The molecule has 1 aliphatic heterocycles. The van der Waals surface area contributed by atoms with Gasteiger partial charge in [-0.1, -0.05) is 19.3 Å². The van der Waals surface area contributed by atoms with Crippen LogP contribution in [0.4, 0.5) is 0 Å². The second-order valence-electron chi connectivity index (χ2n) is 6.63. The molecule has 1 saturated carbocycles. The van der Waals surface area contributed by atoms with E-state index >= 15 is 0 Å². The molecule has 112 valence electrons. The zero-order valence-corrected chi connectivity index (χ0v) is 13.1. The van der Waals surface area contributed by atoms with Crippen LogP contribution >= 0.6 is 0 Å². The highest BCUT2D eigenvalue weighted by Crippen LogP contribution is 2.28. The maximum Gasteiger partial charge on any atom is 0.211 e. The molecule has 2 fully saturated rings. The minimum absolute atomic E-state index is 0.283. The second-order valence-corrected chi connectivity index (χ2v) is 8.61. The van der Waals surface area contributed by atoms with Gasteiger partial charge in [0.1, 0.15) is 0 Å². The quantitative estimate of drug-likeness (QED) is 0.860. The Labute approximate surface area is 118 Å². The number of hydrogen-bond donors (Lipinski definition) is 1. The minimum Gasteiger partial charge on any atom is -0.311 e. The zero-order chi connectivity index (χ0) is 13.9. The van der Waals surface area contributed by atoms with E-state index in [1.54, 1.807) is 4.31 Å². The molecule has 0 aromatic carbocycles. The van der Waals surface area contributed by atoms with Gasteiger partial charge in [-0.15, -0.1) is 0 Å². The Hall–Kier alpha value is -0.130. The van der Waals surface area contributed by atoms with Gasteiger partial charge in [0.2, 0.25) is 10.0 Å². The van der Waals surface area contributed by atoms with Crippen molar-refractivity contribution in [3.8, 4) is 0 Å². The number of sulfonamides is 1. The van der Waals surface area contributed by atoms with Crippen LogP contribution in [0.3, 0.4) is 0 Å². The van der Waals surface area contributed by atoms with E-state index in [1.165, 1.54) is 38.4 Å². The van der Waals surface area contributed by atoms with Crippen molar-refractivity contribution >= 4 is 10.0 Å². The van der Waals surface area contributed by atoms with Crippen LogP contribution in [0.15, 0.2) is 0 Å². The van der Waals surface area contributed by atoms with Gasteiger partial charge < -0.3 is 5.32 Å². The standard InChI is InChI=1S/C14H28N2O2S/c1-14(8-4-3-5-9-14)15-11-13-7-6-10-16(12-13)19(2,17)18/h13,15H,3-12H2,1-2H3. The van der Waals surface area contributed by atoms with Crippen molar-refractivity contribution in [1.29, 1.82) is 0 Å². The molecule has 1 aliphatic carbocycles. The average Bonchev–Trinajstić information content (AvgIpc) is 2.37. The lowest BCUT2D eigenvalue weighted by atomic mass is 9.83. The summed E-state index contributed by atoms with van der Waals surface area (Å²) in [5.74, 6) is 0.474. The average molecular weight is 288 g/mol. The van der Waals surface area contributed by atoms with Crippen molar-refractivity contribution in [3.63, 3.8) is 0 Å². The summed E-state index contributed by atoms with van der Waals surface area (Å²) in [5, 5.41) is 3.72. The van der Waals surface area contributed by atoms with Gasteiger partial charge in [-0.25, -0.2) is 12.7 Å². The third-order valence-corrected chi connectivity index (χ3v) is 6.00. The maximum atomic E-state index is 11.6. The first-order valence-electron chi connectivity index (χ1n) is 7.59. The van der Waals surface area contributed by atoms with E-state index in [0.29, 0.717) is 19.0 Å². The number of nitrogens with one attached hydrogen (secondary N) is 1. The zero-order valence-electron chi connectivity index (χ0n) is 12.3. The van der Waals surface area contributed by atoms with Crippen molar-refractivity contribution in [1.82, 2.24) is 9.62 Å². The smallest absolute Gasteiger partial charge is 0.211 e. The molecule has 1 atom stereocenters. The first kappa shape index (κ1) is 15.3. The topological polar surface area (TPSA) is 49.4 Å². The number of hydrogen-bond acceptors (Lipinski definition) is 3. The molecule has 2 aliphatic rings. The molecule has 0 spiro atoms. The van der Waals surface area contributed by atoms with Crippen molar-refractivity contribution in [2.45, 2.75) is 57.4 Å². The van der Waals surface area contributed by atoms with Crippen LogP contribution in [0.5, 0.6) is 0 Å². The molecule has 1 unspecified atom stereocenters. The van der Waals surface area contributed by atoms with E-state index in [1.807, 2.05) is 0 Å². The monoisotopic (exact) mass is 288 g/mol. The molecule has 5 heteroatoms. The largest absolute Gasteiger partial charge is 0.311 e. The van der Waals surface area contributed by atoms with Crippen LogP contribution in [0, 0.1) is 5.92 Å². The first-order valence-corrected chi connectivity index (χ1v) is 9.44. The highest BCUT2D eigenvalue weighted by molar-refractivity contribution is 7.88. The maximum absolute atomic E-state index is 11.6. The molecule has 19 heavy (non-hydrogen) atoms. The summed E-state index contributed by atoms with van der Waals surface area (Å²) >= 11 is 0. The lowest BCUT2D eigenvalue weighted by Gasteiger charge is -2.38. The van der Waals surface area contributed by atoms with E-state index in [4.69, 9.17) is 0 Å². The van der Waals surface area contributed by atoms with E-state index in [2.05, 4.69) is 12.2 Å². The van der Waals surface area contributed by atoms with Crippen LogP contribution in [0.25, 0.3) is 0 Å². The highest BCUT2D eigenvalue weighted by atomic mass is 32.2. The lowest BCUT2D eigenvalue weighted by molar-refractivity contribution is 0.207. The predicted octanol–water partition coefficient (Wildman–Crippen LogP) is 1.97. The van der Waals surface area contributed by atoms with E-state index in [9.17, 15) is 8.42 Å². The Morgan fingerprint density at radius 2 is 1.89 bits per heavy atom. The van der Waals surface area contributed by atoms with E-state index < -0.39 is 10.0 Å². The summed E-state index contributed by atoms with van der Waals surface area (Å²) in [6.07, 6.45) is 10.00. The van der Waals surface area contributed by atoms with Crippen LogP contribution < -0.4 is 5.32 Å². The van der Waals surface area contributed by atoms with Gasteiger partial charge in [0, 0.05) is 18.6 Å². The summed E-state index contributed by atoms with van der Waals surface area (Å²) < 4.78 is 24.9. The minimum atomic E-state index is -3.01. The van der Waals surface area contributed by atoms with Crippen LogP contribution in [-0.4, -0.2) is 44.2 Å². The normalized spacial score (nSPS) is 29.3. The molecule has 0 aromatic rings. The fourth-order valence-electron chi connectivity index (χ4n) is 3.39. The van der Waals surface area contributed by atoms with Crippen molar-refractivity contribution in [2.24, 2.45) is 5.92 Å². The Kier molecular flexibility index (Phi) is 4.90. The molecular weight excluding hydrogens is 260 g/mol. The van der Waals surface area contributed by atoms with Gasteiger partial charge in [0.05, 0.1) is 6.26 Å². The number of rotatable bonds is 4. The van der Waals surface area contributed by atoms with Crippen molar-refractivity contribution < 1.29 is 8.42 Å². The summed E-state index contributed by atoms with van der Waals surface area (Å²) in [5.41, 5.74) is 0.283. The Bertz CT molecular complexity index is 388. The predicted molar refractivity (Wildman–Crippen MR) is 78.6 cm³/mol. The molecular formula is C14H28N2O2S. The third kappa shape index (κ3) is 4.43. The van der Waals surface area contributed by atoms with Gasteiger partial charge in [0.25, 0.3) is 0 Å². The van der Waals surface area contributed by atoms with E-state index in [-0.39, 0.29) is 5.54 Å². The highest BCUT2D eigenvalue weighted by Gasteiger charge is 2.30. The van der Waals surface area contributed by atoms with Crippen molar-refractivity contribution in [3.05, 3.63) is 0 Å². The molecule has 1 saturated heterocycles. The van der Waals surface area contributed by atoms with Crippen molar-refractivity contribution in [2.75, 3.05) is 25.9 Å². The summed E-state index contributed by atoms with van der Waals surface area (Å²) in [7, 11) is -3.01. The third-order valence-electron chi connectivity index (χ3n) is 4.73. The number of piperidine rings is 1. The molecule has 0 amide bonds. The van der Waals surface area contributed by atoms with Gasteiger partial charge >= 0.3 is 0 Å². The Morgan fingerprint density at radius 3 is 2.53 bits per heavy atom. The summed E-state index contributed by atoms with van der Waals surface area (Å²) in [6, 6.07) is 0. The molecule has 0 bridgehead atoms. The molecule has 4 nitrogen and oxygen atoms in total. The lowest BCUT2D eigenvalue weighted by Crippen LogP contribution is -2.49. The molecule has 1 heterocycles. The molecule has 0 radical (unpaired) electrons. The van der Waals surface area contributed by atoms with Gasteiger partial charge in [-0.2, -0.15) is 0 Å². The van der Waals surface area contributed by atoms with E-state index in [0.717, 1.165) is 19.4 Å². The van der Waals surface area contributed by atoms with Crippen LogP contribution in [-0.2, 0) is 10.0 Å². The summed E-state index contributed by atoms with van der Waals surface area (Å²) in [4.78, 5) is 0. The second kappa shape index (κ2) is 6.10. The van der Waals surface area contributed by atoms with Crippen LogP contribution in [0.2, 0.25) is 0 Å². The fourth-order valence-corrected chi connectivity index (χ4v) is 4.34. The fraction of sp³-hybridized carbons (Fsp3) is 1.00. The van der Waals surface area contributed by atoms with Crippen LogP contribution in [0.1, 0.15) is 51.9 Å². The summed E-state index contributed by atoms with van der Waals surface area (Å²) in [6.45, 7) is 4.68. The SMILES string of the molecule is CC1(NCC2CCCN(S(C)(=O)=O)C2)CCCCC1. The first-order chi connectivity index (χ1) is 8.89. The molecule has 2 rings (SSSR count). The molecule has 0 aromatic heterocycles. The van der Waals surface area contributed by atoms with Gasteiger partial charge in [-0.05, 0) is 45.1 Å². The van der Waals surface area contributed by atoms with Gasteiger partial charge in [0.15, 0.2) is 0 Å².